The summed E-state index contributed by atoms with van der Waals surface area (Å²) in [5, 5.41) is 12.4. The van der Waals surface area contributed by atoms with E-state index in [0.29, 0.717) is 6.04 Å². The van der Waals surface area contributed by atoms with Crippen molar-refractivity contribution in [2.75, 3.05) is 32.7 Å². The predicted octanol–water partition coefficient (Wildman–Crippen LogP) is 4.31. The lowest BCUT2D eigenvalue weighted by atomic mass is 10.1. The van der Waals surface area contributed by atoms with Crippen LogP contribution in [-0.4, -0.2) is 48.6 Å². The summed E-state index contributed by atoms with van der Waals surface area (Å²) in [7, 11) is 0. The molecule has 2 N–H and O–H groups in total. The molecular weight excluding hydrogens is 489 g/mol. The van der Waals surface area contributed by atoms with Crippen LogP contribution in [0.15, 0.2) is 28.0 Å². The number of aryl methyl sites for hydroxylation is 1. The first-order valence-electron chi connectivity index (χ1n) is 9.37. The number of nitrogens with one attached hydrogen (secondary N) is 2. The highest BCUT2D eigenvalue weighted by molar-refractivity contribution is 14.0. The van der Waals surface area contributed by atoms with E-state index in [2.05, 4.69) is 65.0 Å². The third-order valence-electron chi connectivity index (χ3n) is 4.25. The van der Waals surface area contributed by atoms with Crippen LogP contribution >= 0.6 is 46.7 Å². The summed E-state index contributed by atoms with van der Waals surface area (Å²) in [6.45, 7) is 13.1. The lowest BCUT2D eigenvalue weighted by molar-refractivity contribution is 0.224. The van der Waals surface area contributed by atoms with Crippen LogP contribution in [0.1, 0.15) is 42.3 Å². The lowest BCUT2D eigenvalue weighted by Crippen LogP contribution is -2.39. The minimum Gasteiger partial charge on any atom is -0.357 e. The summed E-state index contributed by atoms with van der Waals surface area (Å²) in [5.74, 6) is 0.883. The molecule has 0 spiro atoms. The van der Waals surface area contributed by atoms with Crippen molar-refractivity contribution in [3.63, 3.8) is 0 Å². The van der Waals surface area contributed by atoms with E-state index in [1.165, 1.54) is 15.4 Å². The molecule has 0 aliphatic heterocycles. The molecule has 5 nitrogen and oxygen atoms in total. The molecule has 0 aromatic carbocycles. The van der Waals surface area contributed by atoms with Crippen molar-refractivity contribution in [3.8, 4) is 0 Å². The number of halogens is 1. The average Bonchev–Trinajstić information content (AvgIpc) is 3.30. The van der Waals surface area contributed by atoms with Gasteiger partial charge in [0.1, 0.15) is 0 Å². The summed E-state index contributed by atoms with van der Waals surface area (Å²) >= 11 is 3.51. The Morgan fingerprint density at radius 2 is 2.04 bits per heavy atom. The van der Waals surface area contributed by atoms with Crippen LogP contribution in [0.25, 0.3) is 0 Å². The fourth-order valence-electron chi connectivity index (χ4n) is 2.89. The Morgan fingerprint density at radius 3 is 2.59 bits per heavy atom. The van der Waals surface area contributed by atoms with Gasteiger partial charge in [0, 0.05) is 30.6 Å². The number of aromatic nitrogens is 1. The number of hydrogen-bond donors (Lipinski definition) is 2. The van der Waals surface area contributed by atoms with E-state index >= 15 is 0 Å². The van der Waals surface area contributed by atoms with Gasteiger partial charge in [0.15, 0.2) is 5.96 Å². The van der Waals surface area contributed by atoms with Crippen molar-refractivity contribution in [2.45, 2.75) is 40.2 Å². The number of thiazole rings is 1. The molecule has 1 atom stereocenters. The first-order valence-corrected chi connectivity index (χ1v) is 11.1. The smallest absolute Gasteiger partial charge is 0.191 e. The fraction of sp³-hybridized carbons (Fsp3) is 0.579. The van der Waals surface area contributed by atoms with Crippen molar-refractivity contribution < 1.29 is 0 Å². The summed E-state index contributed by atoms with van der Waals surface area (Å²) < 4.78 is 0. The maximum atomic E-state index is 4.86. The number of aliphatic imine (C=N–C) groups is 1. The van der Waals surface area contributed by atoms with Crippen molar-refractivity contribution in [1.29, 1.82) is 0 Å². The number of guanidine groups is 1. The molecule has 0 saturated carbocycles. The van der Waals surface area contributed by atoms with Crippen LogP contribution in [0.2, 0.25) is 0 Å². The summed E-state index contributed by atoms with van der Waals surface area (Å²) in [6.07, 6.45) is 2.86. The van der Waals surface area contributed by atoms with Crippen molar-refractivity contribution in [1.82, 2.24) is 20.5 Å². The Hall–Kier alpha value is -0.710. The molecule has 2 aromatic rings. The van der Waals surface area contributed by atoms with Crippen molar-refractivity contribution >= 4 is 52.6 Å². The Morgan fingerprint density at radius 1 is 1.26 bits per heavy atom. The molecule has 2 rings (SSSR count). The molecule has 8 heteroatoms. The molecular formula is C19H32IN5S2. The molecule has 2 heterocycles. The van der Waals surface area contributed by atoms with Crippen LogP contribution < -0.4 is 10.6 Å². The van der Waals surface area contributed by atoms with Gasteiger partial charge in [-0.25, -0.2) is 4.98 Å². The number of likely N-dealkylation sites (N-methyl/N-ethyl adjacent to an activating group) is 1. The number of thiophene rings is 1. The molecule has 0 bridgehead atoms. The molecule has 0 radical (unpaired) electrons. The zero-order valence-corrected chi connectivity index (χ0v) is 20.7. The van der Waals surface area contributed by atoms with Crippen LogP contribution in [0, 0.1) is 6.92 Å². The molecule has 0 fully saturated rings. The topological polar surface area (TPSA) is 52.6 Å². The normalized spacial score (nSPS) is 12.7. The van der Waals surface area contributed by atoms with Gasteiger partial charge in [-0.1, -0.05) is 13.8 Å². The van der Waals surface area contributed by atoms with E-state index in [1.54, 1.807) is 22.7 Å². The van der Waals surface area contributed by atoms with Gasteiger partial charge in [-0.3, -0.25) is 9.89 Å². The van der Waals surface area contributed by atoms with Gasteiger partial charge in [0.2, 0.25) is 0 Å². The molecule has 0 amide bonds. The van der Waals surface area contributed by atoms with Gasteiger partial charge in [-0.15, -0.1) is 35.3 Å². The highest BCUT2D eigenvalue weighted by atomic mass is 127. The first-order chi connectivity index (χ1) is 12.7. The molecule has 2 aromatic heterocycles. The van der Waals surface area contributed by atoms with Gasteiger partial charge >= 0.3 is 0 Å². The summed E-state index contributed by atoms with van der Waals surface area (Å²) in [6, 6.07) is 2.54. The highest BCUT2D eigenvalue weighted by Crippen LogP contribution is 2.23. The van der Waals surface area contributed by atoms with Gasteiger partial charge < -0.3 is 10.6 Å². The number of nitrogens with zero attached hydrogens (tertiary/aromatic N) is 3. The Bertz CT molecular complexity index is 653. The molecule has 0 aliphatic carbocycles. The van der Waals surface area contributed by atoms with E-state index in [1.807, 2.05) is 6.20 Å². The monoisotopic (exact) mass is 521 g/mol. The minimum atomic E-state index is 0. The maximum Gasteiger partial charge on any atom is 0.191 e. The van der Waals surface area contributed by atoms with E-state index in [4.69, 9.17) is 4.99 Å². The fourth-order valence-corrected chi connectivity index (χ4v) is 4.38. The second-order valence-electron chi connectivity index (χ2n) is 6.05. The van der Waals surface area contributed by atoms with Crippen molar-refractivity contribution in [2.24, 2.45) is 4.99 Å². The molecule has 1 unspecified atom stereocenters. The second kappa shape index (κ2) is 13.5. The van der Waals surface area contributed by atoms with Crippen LogP contribution in [0.4, 0.5) is 0 Å². The lowest BCUT2D eigenvalue weighted by Gasteiger charge is -2.28. The zero-order chi connectivity index (χ0) is 18.8. The molecule has 152 valence electrons. The standard InChI is InChI=1S/C19H31N5S2.HI/c1-5-20-19(21-10-8-18-22-12-15(4)26-18)23-13-17(24(6-2)7-3)16-9-11-25-14-16;/h9,11-12,14,17H,5-8,10,13H2,1-4H3,(H2,20,21,23);1H. The summed E-state index contributed by atoms with van der Waals surface area (Å²) in [4.78, 5) is 13.0. The van der Waals surface area contributed by atoms with Crippen molar-refractivity contribution in [3.05, 3.63) is 38.5 Å². The van der Waals surface area contributed by atoms with Gasteiger partial charge in [-0.2, -0.15) is 11.3 Å². The Kier molecular flexibility index (Phi) is 12.1. The Balaban J connectivity index is 0.00000364. The first kappa shape index (κ1) is 24.3. The molecule has 27 heavy (non-hydrogen) atoms. The number of hydrogen-bond acceptors (Lipinski definition) is 5. The molecule has 0 aliphatic rings. The largest absolute Gasteiger partial charge is 0.357 e. The summed E-state index contributed by atoms with van der Waals surface area (Å²) in [5.41, 5.74) is 1.36. The van der Waals surface area contributed by atoms with E-state index in [-0.39, 0.29) is 24.0 Å². The predicted molar refractivity (Wildman–Crippen MR) is 130 cm³/mol. The highest BCUT2D eigenvalue weighted by Gasteiger charge is 2.18. The zero-order valence-electron chi connectivity index (χ0n) is 16.7. The van der Waals surface area contributed by atoms with E-state index in [9.17, 15) is 0 Å². The third-order valence-corrected chi connectivity index (χ3v) is 5.92. The quantitative estimate of drug-likeness (QED) is 0.278. The van der Waals surface area contributed by atoms with Gasteiger partial charge in [-0.05, 0) is 49.3 Å². The molecule has 0 saturated heterocycles. The average molecular weight is 522 g/mol. The van der Waals surface area contributed by atoms with E-state index < -0.39 is 0 Å². The van der Waals surface area contributed by atoms with E-state index in [0.717, 1.165) is 45.1 Å². The SMILES string of the molecule is CCNC(=NCC(c1ccsc1)N(CC)CC)NCCc1ncc(C)s1.I. The Labute approximate surface area is 188 Å². The third kappa shape index (κ3) is 8.05. The van der Waals surface area contributed by atoms with Crippen LogP contribution in [0.5, 0.6) is 0 Å². The number of rotatable bonds is 10. The van der Waals surface area contributed by atoms with Gasteiger partial charge in [0.05, 0.1) is 17.6 Å². The van der Waals surface area contributed by atoms with Gasteiger partial charge in [0.25, 0.3) is 0 Å². The van der Waals surface area contributed by atoms with Crippen LogP contribution in [-0.2, 0) is 6.42 Å². The van der Waals surface area contributed by atoms with Crippen LogP contribution in [0.3, 0.4) is 0 Å². The maximum absolute atomic E-state index is 4.86. The minimum absolute atomic E-state index is 0. The second-order valence-corrected chi connectivity index (χ2v) is 8.15.